The SMILES string of the molecule is CCNC(=O)Cn1c(=O)/c(=C\c2ccccc2C(F)(F)F)s/c1=C\C(=O)C(C)(C)C. The number of hydrogen-bond donors (Lipinski definition) is 1. The number of ketones is 1. The minimum atomic E-state index is -4.58. The molecule has 0 aliphatic carbocycles. The Labute approximate surface area is 175 Å². The third-order valence-corrected chi connectivity index (χ3v) is 5.22. The number of carbonyl (C=O) groups excluding carboxylic acids is 2. The van der Waals surface area contributed by atoms with Crippen LogP contribution in [0.25, 0.3) is 12.2 Å². The third kappa shape index (κ3) is 5.69. The van der Waals surface area contributed by atoms with E-state index >= 15 is 0 Å². The summed E-state index contributed by atoms with van der Waals surface area (Å²) < 4.78 is 41.2. The summed E-state index contributed by atoms with van der Waals surface area (Å²) in [5.41, 5.74) is -2.38. The molecule has 1 heterocycles. The quantitative estimate of drug-likeness (QED) is 0.776. The van der Waals surface area contributed by atoms with Gasteiger partial charge in [-0.25, -0.2) is 0 Å². The van der Waals surface area contributed by atoms with E-state index in [1.54, 1.807) is 27.7 Å². The van der Waals surface area contributed by atoms with Crippen molar-refractivity contribution in [3.05, 3.63) is 54.9 Å². The molecule has 162 valence electrons. The van der Waals surface area contributed by atoms with Crippen LogP contribution in [-0.2, 0) is 22.3 Å². The first-order valence-corrected chi connectivity index (χ1v) is 10.1. The summed E-state index contributed by atoms with van der Waals surface area (Å²) in [6.07, 6.45) is -2.18. The summed E-state index contributed by atoms with van der Waals surface area (Å²) in [5, 5.41) is 2.57. The Kier molecular flexibility index (Phi) is 7.07. The van der Waals surface area contributed by atoms with Gasteiger partial charge in [0, 0.05) is 18.0 Å². The van der Waals surface area contributed by atoms with Gasteiger partial charge in [0.15, 0.2) is 5.78 Å². The molecule has 0 aliphatic rings. The van der Waals surface area contributed by atoms with E-state index < -0.39 is 28.6 Å². The van der Waals surface area contributed by atoms with Crippen molar-refractivity contribution in [1.29, 1.82) is 0 Å². The molecule has 9 heteroatoms. The zero-order chi connectivity index (χ0) is 22.7. The van der Waals surface area contributed by atoms with Crippen LogP contribution in [-0.4, -0.2) is 22.8 Å². The molecule has 30 heavy (non-hydrogen) atoms. The van der Waals surface area contributed by atoms with Crippen LogP contribution < -0.4 is 20.1 Å². The molecule has 1 aromatic heterocycles. The maximum Gasteiger partial charge on any atom is 0.416 e. The number of rotatable bonds is 5. The normalized spacial score (nSPS) is 13.6. The number of amides is 1. The van der Waals surface area contributed by atoms with Gasteiger partial charge in [-0.2, -0.15) is 13.2 Å². The molecule has 0 saturated heterocycles. The summed E-state index contributed by atoms with van der Waals surface area (Å²) in [6, 6.07) is 4.91. The number of Topliss-reactive ketones (excluding diaryl/α,β-unsaturated/α-hetero) is 1. The number of benzene rings is 1. The molecule has 0 radical (unpaired) electrons. The van der Waals surface area contributed by atoms with Crippen molar-refractivity contribution in [3.8, 4) is 0 Å². The zero-order valence-corrected chi connectivity index (χ0v) is 17.9. The number of thiazole rings is 1. The maximum atomic E-state index is 13.3. The summed E-state index contributed by atoms with van der Waals surface area (Å²) in [5.74, 6) is -0.701. The van der Waals surface area contributed by atoms with E-state index in [4.69, 9.17) is 0 Å². The zero-order valence-electron chi connectivity index (χ0n) is 17.1. The second-order valence-corrected chi connectivity index (χ2v) is 8.70. The number of carbonyl (C=O) groups is 2. The Morgan fingerprint density at radius 2 is 1.80 bits per heavy atom. The lowest BCUT2D eigenvalue weighted by Crippen LogP contribution is -2.38. The van der Waals surface area contributed by atoms with E-state index in [-0.39, 0.29) is 27.1 Å². The van der Waals surface area contributed by atoms with Crippen molar-refractivity contribution in [2.24, 2.45) is 5.41 Å². The predicted octanol–water partition coefficient (Wildman–Crippen LogP) is 2.29. The Morgan fingerprint density at radius 1 is 1.17 bits per heavy atom. The highest BCUT2D eigenvalue weighted by Gasteiger charge is 2.32. The number of hydrogen-bond acceptors (Lipinski definition) is 4. The van der Waals surface area contributed by atoms with Crippen LogP contribution in [0, 0.1) is 5.41 Å². The van der Waals surface area contributed by atoms with Crippen molar-refractivity contribution in [2.75, 3.05) is 6.54 Å². The van der Waals surface area contributed by atoms with Crippen molar-refractivity contribution >= 4 is 35.2 Å². The van der Waals surface area contributed by atoms with Crippen molar-refractivity contribution in [3.63, 3.8) is 0 Å². The van der Waals surface area contributed by atoms with E-state index in [0.717, 1.165) is 28.0 Å². The van der Waals surface area contributed by atoms with Gasteiger partial charge in [0.25, 0.3) is 5.56 Å². The number of halogens is 3. The van der Waals surface area contributed by atoms with Gasteiger partial charge in [0.2, 0.25) is 5.91 Å². The maximum absolute atomic E-state index is 13.3. The van der Waals surface area contributed by atoms with E-state index in [1.807, 2.05) is 0 Å². The van der Waals surface area contributed by atoms with Crippen LogP contribution in [0.5, 0.6) is 0 Å². The van der Waals surface area contributed by atoms with Crippen LogP contribution >= 0.6 is 11.3 Å². The van der Waals surface area contributed by atoms with E-state index in [1.165, 1.54) is 24.3 Å². The Morgan fingerprint density at radius 3 is 2.37 bits per heavy atom. The lowest BCUT2D eigenvalue weighted by molar-refractivity contribution is -0.137. The van der Waals surface area contributed by atoms with Crippen LogP contribution in [0.2, 0.25) is 0 Å². The van der Waals surface area contributed by atoms with Gasteiger partial charge in [0.05, 0.1) is 10.1 Å². The van der Waals surface area contributed by atoms with E-state index in [9.17, 15) is 27.6 Å². The molecule has 0 fully saturated rings. The average Bonchev–Trinajstić information content (AvgIpc) is 2.89. The lowest BCUT2D eigenvalue weighted by Gasteiger charge is -2.12. The molecule has 0 unspecified atom stereocenters. The monoisotopic (exact) mass is 440 g/mol. The van der Waals surface area contributed by atoms with Gasteiger partial charge in [0.1, 0.15) is 11.2 Å². The van der Waals surface area contributed by atoms with Gasteiger partial charge in [-0.3, -0.25) is 19.0 Å². The minimum Gasteiger partial charge on any atom is -0.355 e. The lowest BCUT2D eigenvalue weighted by atomic mass is 9.91. The summed E-state index contributed by atoms with van der Waals surface area (Å²) in [6.45, 7) is 6.86. The molecule has 2 aromatic rings. The third-order valence-electron chi connectivity index (χ3n) is 4.16. The van der Waals surface area contributed by atoms with Crippen molar-refractivity contribution < 1.29 is 22.8 Å². The van der Waals surface area contributed by atoms with Crippen LogP contribution in [0.1, 0.15) is 38.8 Å². The van der Waals surface area contributed by atoms with Gasteiger partial charge < -0.3 is 5.32 Å². The van der Waals surface area contributed by atoms with Crippen molar-refractivity contribution in [1.82, 2.24) is 9.88 Å². The van der Waals surface area contributed by atoms with E-state index in [2.05, 4.69) is 5.32 Å². The Balaban J connectivity index is 2.74. The molecule has 0 aliphatic heterocycles. The second kappa shape index (κ2) is 8.99. The Bertz CT molecular complexity index is 1120. The fourth-order valence-electron chi connectivity index (χ4n) is 2.54. The Hall–Kier alpha value is -2.68. The molecule has 0 saturated carbocycles. The van der Waals surface area contributed by atoms with Crippen LogP contribution in [0.3, 0.4) is 0 Å². The topological polar surface area (TPSA) is 68.2 Å². The van der Waals surface area contributed by atoms with Crippen LogP contribution in [0.15, 0.2) is 29.1 Å². The van der Waals surface area contributed by atoms with Crippen molar-refractivity contribution in [2.45, 2.75) is 40.4 Å². The van der Waals surface area contributed by atoms with E-state index in [0.29, 0.717) is 6.54 Å². The molecule has 1 N–H and O–H groups in total. The molecular weight excluding hydrogens is 417 g/mol. The highest BCUT2D eigenvalue weighted by Crippen LogP contribution is 2.32. The smallest absolute Gasteiger partial charge is 0.355 e. The second-order valence-electron chi connectivity index (χ2n) is 7.64. The van der Waals surface area contributed by atoms with Gasteiger partial charge >= 0.3 is 6.18 Å². The summed E-state index contributed by atoms with van der Waals surface area (Å²) >= 11 is 0.876. The average molecular weight is 440 g/mol. The highest BCUT2D eigenvalue weighted by atomic mass is 32.1. The van der Waals surface area contributed by atoms with Crippen LogP contribution in [0.4, 0.5) is 13.2 Å². The molecule has 2 rings (SSSR count). The number of nitrogens with zero attached hydrogens (tertiary/aromatic N) is 1. The fraction of sp³-hybridized carbons (Fsp3) is 0.381. The number of aromatic nitrogens is 1. The molecule has 1 amide bonds. The first kappa shape index (κ1) is 23.6. The molecule has 5 nitrogen and oxygen atoms in total. The van der Waals surface area contributed by atoms with Gasteiger partial charge in [-0.1, -0.05) is 39.0 Å². The predicted molar refractivity (Wildman–Crippen MR) is 110 cm³/mol. The molecule has 0 atom stereocenters. The number of alkyl halides is 3. The molecule has 0 bridgehead atoms. The first-order valence-electron chi connectivity index (χ1n) is 9.25. The van der Waals surface area contributed by atoms with Gasteiger partial charge in [-0.15, -0.1) is 11.3 Å². The summed E-state index contributed by atoms with van der Waals surface area (Å²) in [4.78, 5) is 37.3. The first-order chi connectivity index (χ1) is 13.8. The molecule has 0 spiro atoms. The standard InChI is InChI=1S/C21H23F3N2O3S/c1-5-25-17(28)12-26-18(11-16(27)20(2,3)4)30-15(19(26)29)10-13-8-6-7-9-14(13)21(22,23)24/h6-11H,5,12H2,1-4H3,(H,25,28)/b15-10+,18-11-. The highest BCUT2D eigenvalue weighted by molar-refractivity contribution is 7.07. The number of nitrogens with one attached hydrogen (secondary N) is 1. The van der Waals surface area contributed by atoms with Gasteiger partial charge in [-0.05, 0) is 24.6 Å². The largest absolute Gasteiger partial charge is 0.416 e. The molecule has 1 aromatic carbocycles. The summed E-state index contributed by atoms with van der Waals surface area (Å²) in [7, 11) is 0. The fourth-order valence-corrected chi connectivity index (χ4v) is 3.57. The molecular formula is C21H23F3N2O3S. The minimum absolute atomic E-state index is 0.00366. The number of likely N-dealkylation sites (N-methyl/N-ethyl adjacent to an activating group) is 1.